The van der Waals surface area contributed by atoms with Crippen LogP contribution in [-0.2, 0) is 0 Å². The van der Waals surface area contributed by atoms with Crippen LogP contribution < -0.4 is 10.2 Å². The molecule has 0 aliphatic carbocycles. The molecular weight excluding hydrogens is 232 g/mol. The lowest BCUT2D eigenvalue weighted by molar-refractivity contribution is 0.393. The third kappa shape index (κ3) is 3.84. The molecule has 0 aliphatic rings. The van der Waals surface area contributed by atoms with Gasteiger partial charge in [-0.2, -0.15) is 0 Å². The van der Waals surface area contributed by atoms with Crippen molar-refractivity contribution in [1.82, 2.24) is 5.32 Å². The van der Waals surface area contributed by atoms with Gasteiger partial charge in [-0.05, 0) is 32.0 Å². The SMILES string of the molecule is C=CC(CCC)(CCC)N(CNC)c1ccccc1. The molecule has 2 nitrogen and oxygen atoms in total. The smallest absolute Gasteiger partial charge is 0.0688 e. The molecule has 106 valence electrons. The minimum absolute atomic E-state index is 0.0495. The van der Waals surface area contributed by atoms with Crippen LogP contribution in [0.3, 0.4) is 0 Å². The Labute approximate surface area is 118 Å². The number of para-hydroxylation sites is 1. The fourth-order valence-corrected chi connectivity index (χ4v) is 2.85. The van der Waals surface area contributed by atoms with Crippen molar-refractivity contribution in [2.24, 2.45) is 0 Å². The fourth-order valence-electron chi connectivity index (χ4n) is 2.85. The molecule has 0 heterocycles. The Morgan fingerprint density at radius 1 is 1.16 bits per heavy atom. The molecule has 0 atom stereocenters. The van der Waals surface area contributed by atoms with Crippen molar-refractivity contribution in [2.75, 3.05) is 18.6 Å². The molecule has 1 aromatic carbocycles. The molecule has 0 saturated heterocycles. The van der Waals surface area contributed by atoms with Gasteiger partial charge >= 0.3 is 0 Å². The van der Waals surface area contributed by atoms with E-state index < -0.39 is 0 Å². The van der Waals surface area contributed by atoms with Gasteiger partial charge in [-0.15, -0.1) is 6.58 Å². The number of hydrogen-bond acceptors (Lipinski definition) is 2. The highest BCUT2D eigenvalue weighted by Crippen LogP contribution is 2.32. The van der Waals surface area contributed by atoms with E-state index in [9.17, 15) is 0 Å². The van der Waals surface area contributed by atoms with E-state index in [2.05, 4.69) is 67.1 Å². The monoisotopic (exact) mass is 260 g/mol. The molecule has 0 saturated carbocycles. The van der Waals surface area contributed by atoms with Crippen LogP contribution in [0.5, 0.6) is 0 Å². The van der Waals surface area contributed by atoms with E-state index in [1.165, 1.54) is 18.5 Å². The maximum atomic E-state index is 4.13. The Bertz CT molecular complexity index is 353. The highest BCUT2D eigenvalue weighted by molar-refractivity contribution is 5.50. The molecule has 1 aromatic rings. The van der Waals surface area contributed by atoms with Gasteiger partial charge in [0.25, 0.3) is 0 Å². The van der Waals surface area contributed by atoms with Gasteiger partial charge in [0.15, 0.2) is 0 Å². The summed E-state index contributed by atoms with van der Waals surface area (Å²) >= 11 is 0. The largest absolute Gasteiger partial charge is 0.350 e. The van der Waals surface area contributed by atoms with Gasteiger partial charge in [0, 0.05) is 5.69 Å². The van der Waals surface area contributed by atoms with Crippen molar-refractivity contribution >= 4 is 5.69 Å². The molecule has 0 radical (unpaired) electrons. The molecule has 1 rings (SSSR count). The highest BCUT2D eigenvalue weighted by Gasteiger charge is 2.31. The van der Waals surface area contributed by atoms with Crippen molar-refractivity contribution in [3.05, 3.63) is 43.0 Å². The zero-order valence-corrected chi connectivity index (χ0v) is 12.7. The van der Waals surface area contributed by atoms with E-state index in [1.807, 2.05) is 7.05 Å². The van der Waals surface area contributed by atoms with E-state index in [1.54, 1.807) is 0 Å². The summed E-state index contributed by atoms with van der Waals surface area (Å²) in [6.07, 6.45) is 6.75. The van der Waals surface area contributed by atoms with Gasteiger partial charge in [0.05, 0.1) is 12.2 Å². The number of rotatable bonds is 9. The second-order valence-corrected chi connectivity index (χ2v) is 5.08. The molecule has 0 fully saturated rings. The Kier molecular flexibility index (Phi) is 6.65. The molecule has 19 heavy (non-hydrogen) atoms. The van der Waals surface area contributed by atoms with Crippen LogP contribution in [0.1, 0.15) is 39.5 Å². The van der Waals surface area contributed by atoms with Crippen LogP contribution in [0.2, 0.25) is 0 Å². The van der Waals surface area contributed by atoms with E-state index >= 15 is 0 Å². The number of benzene rings is 1. The first-order chi connectivity index (χ1) is 9.24. The van der Waals surface area contributed by atoms with Crippen LogP contribution in [0.15, 0.2) is 43.0 Å². The predicted molar refractivity (Wildman–Crippen MR) is 85.6 cm³/mol. The van der Waals surface area contributed by atoms with Crippen LogP contribution >= 0.6 is 0 Å². The van der Waals surface area contributed by atoms with Gasteiger partial charge in [-0.3, -0.25) is 0 Å². The summed E-state index contributed by atoms with van der Waals surface area (Å²) in [6.45, 7) is 9.47. The number of hydrogen-bond donors (Lipinski definition) is 1. The Morgan fingerprint density at radius 2 is 1.74 bits per heavy atom. The van der Waals surface area contributed by atoms with Crippen molar-refractivity contribution in [1.29, 1.82) is 0 Å². The third-order valence-electron chi connectivity index (χ3n) is 3.67. The summed E-state index contributed by atoms with van der Waals surface area (Å²) in [6, 6.07) is 10.6. The molecule has 0 unspecified atom stereocenters. The van der Waals surface area contributed by atoms with Crippen LogP contribution in [-0.4, -0.2) is 19.3 Å². The number of nitrogens with one attached hydrogen (secondary N) is 1. The van der Waals surface area contributed by atoms with Crippen molar-refractivity contribution in [3.63, 3.8) is 0 Å². The quantitative estimate of drug-likeness (QED) is 0.529. The van der Waals surface area contributed by atoms with Crippen molar-refractivity contribution in [3.8, 4) is 0 Å². The fraction of sp³-hybridized carbons (Fsp3) is 0.529. The first-order valence-electron chi connectivity index (χ1n) is 7.35. The summed E-state index contributed by atoms with van der Waals surface area (Å²) < 4.78 is 0. The van der Waals surface area contributed by atoms with Gasteiger partial charge in [0.1, 0.15) is 0 Å². The lowest BCUT2D eigenvalue weighted by atomic mass is 9.86. The first-order valence-corrected chi connectivity index (χ1v) is 7.35. The minimum Gasteiger partial charge on any atom is -0.350 e. The molecule has 0 bridgehead atoms. The average molecular weight is 260 g/mol. The number of nitrogens with zero attached hydrogens (tertiary/aromatic N) is 1. The summed E-state index contributed by atoms with van der Waals surface area (Å²) in [4.78, 5) is 2.45. The molecule has 0 aliphatic heterocycles. The molecular formula is C17H28N2. The molecule has 0 aromatic heterocycles. The maximum absolute atomic E-state index is 4.13. The molecule has 2 heteroatoms. The second kappa shape index (κ2) is 8.00. The maximum Gasteiger partial charge on any atom is 0.0688 e. The van der Waals surface area contributed by atoms with E-state index in [0.717, 1.165) is 19.5 Å². The van der Waals surface area contributed by atoms with Crippen LogP contribution in [0.4, 0.5) is 5.69 Å². The van der Waals surface area contributed by atoms with Gasteiger partial charge in [0.2, 0.25) is 0 Å². The highest BCUT2D eigenvalue weighted by atomic mass is 15.3. The number of anilines is 1. The zero-order chi connectivity index (χ0) is 14.1. The van der Waals surface area contributed by atoms with E-state index in [0.29, 0.717) is 0 Å². The van der Waals surface area contributed by atoms with Gasteiger partial charge in [-0.25, -0.2) is 0 Å². The molecule has 0 amide bonds. The minimum atomic E-state index is 0.0495. The Hall–Kier alpha value is -1.28. The van der Waals surface area contributed by atoms with Crippen LogP contribution in [0.25, 0.3) is 0 Å². The van der Waals surface area contributed by atoms with Crippen LogP contribution in [0, 0.1) is 0 Å². The zero-order valence-electron chi connectivity index (χ0n) is 12.7. The summed E-state index contributed by atoms with van der Waals surface area (Å²) in [5.74, 6) is 0. The first kappa shape index (κ1) is 15.8. The van der Waals surface area contributed by atoms with Gasteiger partial charge < -0.3 is 10.2 Å². The van der Waals surface area contributed by atoms with Gasteiger partial charge in [-0.1, -0.05) is 51.0 Å². The average Bonchev–Trinajstić information content (AvgIpc) is 2.45. The molecule has 1 N–H and O–H groups in total. The summed E-state index contributed by atoms with van der Waals surface area (Å²) in [7, 11) is 2.00. The Balaban J connectivity index is 3.14. The topological polar surface area (TPSA) is 15.3 Å². The summed E-state index contributed by atoms with van der Waals surface area (Å²) in [5.41, 5.74) is 1.31. The van der Waals surface area contributed by atoms with E-state index in [4.69, 9.17) is 0 Å². The lowest BCUT2D eigenvalue weighted by Crippen LogP contribution is -2.51. The van der Waals surface area contributed by atoms with Crippen molar-refractivity contribution < 1.29 is 0 Å². The normalized spacial score (nSPS) is 11.3. The predicted octanol–water partition coefficient (Wildman–Crippen LogP) is 4.19. The Morgan fingerprint density at radius 3 is 2.16 bits per heavy atom. The third-order valence-corrected chi connectivity index (χ3v) is 3.67. The van der Waals surface area contributed by atoms with Crippen molar-refractivity contribution in [2.45, 2.75) is 45.1 Å². The standard InChI is InChI=1S/C17H28N2/c1-5-13-17(7-3,14-6-2)19(15-18-4)16-11-9-8-10-12-16/h7-12,18H,3,5-6,13-15H2,1-2,4H3. The second-order valence-electron chi connectivity index (χ2n) is 5.08. The summed E-state index contributed by atoms with van der Waals surface area (Å²) in [5, 5.41) is 3.30. The van der Waals surface area contributed by atoms with E-state index in [-0.39, 0.29) is 5.54 Å². The molecule has 0 spiro atoms. The lowest BCUT2D eigenvalue weighted by Gasteiger charge is -2.44.